The summed E-state index contributed by atoms with van der Waals surface area (Å²) in [5, 5.41) is 9.20. The fourth-order valence-corrected chi connectivity index (χ4v) is 3.85. The van der Waals surface area contributed by atoms with Crippen molar-refractivity contribution in [1.82, 2.24) is 0 Å². The summed E-state index contributed by atoms with van der Waals surface area (Å²) < 4.78 is 8.15. The number of benzene rings is 2. The summed E-state index contributed by atoms with van der Waals surface area (Å²) in [5.74, 6) is -0.132. The number of halogens is 3. The number of hydrogen-bond donors (Lipinski definition) is 1. The summed E-state index contributed by atoms with van der Waals surface area (Å²) >= 11 is 6.49. The number of esters is 1. The first-order chi connectivity index (χ1) is 9.49. The van der Waals surface area contributed by atoms with Gasteiger partial charge in [-0.15, -0.1) is 0 Å². The first-order valence-corrected chi connectivity index (χ1v) is 8.81. The van der Waals surface area contributed by atoms with Gasteiger partial charge < -0.3 is 9.84 Å². The molecule has 3 nitrogen and oxygen atoms in total. The Morgan fingerprint density at radius 1 is 1.00 bits per heavy atom. The predicted octanol–water partition coefficient (Wildman–Crippen LogP) is 4.56. The standard InChI is InChI=1S/C14H9I3O3/c15-10-5-6-11(16)13(17)12(10)14(19)20-7-8-1-3-9(18)4-2-8/h1-6,18H,7H2. The average molecular weight is 606 g/mol. The number of rotatable bonds is 3. The lowest BCUT2D eigenvalue weighted by Crippen LogP contribution is -2.10. The van der Waals surface area contributed by atoms with E-state index in [9.17, 15) is 9.90 Å². The van der Waals surface area contributed by atoms with E-state index >= 15 is 0 Å². The SMILES string of the molecule is O=C(OCc1ccc(O)cc1)c1c(I)ccc(I)c1I. The second-order valence-corrected chi connectivity index (χ2v) is 7.36. The van der Waals surface area contributed by atoms with Gasteiger partial charge in [-0.3, -0.25) is 0 Å². The lowest BCUT2D eigenvalue weighted by atomic mass is 10.2. The number of phenolic OH excluding ortho intramolecular Hbond substituents is 1. The van der Waals surface area contributed by atoms with Gasteiger partial charge in [0.15, 0.2) is 0 Å². The van der Waals surface area contributed by atoms with Gasteiger partial charge in [0.1, 0.15) is 12.4 Å². The molecule has 0 aliphatic carbocycles. The highest BCUT2D eigenvalue weighted by Crippen LogP contribution is 2.25. The smallest absolute Gasteiger partial charge is 0.340 e. The van der Waals surface area contributed by atoms with Gasteiger partial charge in [0, 0.05) is 10.7 Å². The van der Waals surface area contributed by atoms with Crippen LogP contribution in [-0.4, -0.2) is 11.1 Å². The molecule has 2 aromatic carbocycles. The van der Waals surface area contributed by atoms with Crippen molar-refractivity contribution in [3.63, 3.8) is 0 Å². The third-order valence-electron chi connectivity index (χ3n) is 2.55. The van der Waals surface area contributed by atoms with Crippen LogP contribution < -0.4 is 0 Å². The molecule has 2 aromatic rings. The molecule has 2 rings (SSSR count). The number of ether oxygens (including phenoxy) is 1. The molecule has 0 aromatic heterocycles. The molecule has 0 fully saturated rings. The van der Waals surface area contributed by atoms with Crippen LogP contribution in [-0.2, 0) is 11.3 Å². The highest BCUT2D eigenvalue weighted by atomic mass is 127. The molecule has 0 amide bonds. The lowest BCUT2D eigenvalue weighted by Gasteiger charge is -2.09. The third kappa shape index (κ3) is 3.97. The fourth-order valence-electron chi connectivity index (χ4n) is 1.53. The zero-order valence-corrected chi connectivity index (χ0v) is 16.5. The van der Waals surface area contributed by atoms with Crippen molar-refractivity contribution in [1.29, 1.82) is 0 Å². The fraction of sp³-hybridized carbons (Fsp3) is 0.0714. The molecule has 104 valence electrons. The van der Waals surface area contributed by atoms with Crippen LogP contribution in [0.2, 0.25) is 0 Å². The van der Waals surface area contributed by atoms with E-state index in [1.54, 1.807) is 24.3 Å². The Bertz CT molecular complexity index is 639. The first-order valence-electron chi connectivity index (χ1n) is 5.57. The van der Waals surface area contributed by atoms with E-state index in [1.165, 1.54) is 0 Å². The molecular formula is C14H9I3O3. The molecule has 0 aliphatic rings. The minimum Gasteiger partial charge on any atom is -0.508 e. The van der Waals surface area contributed by atoms with Crippen LogP contribution in [0.15, 0.2) is 36.4 Å². The van der Waals surface area contributed by atoms with Gasteiger partial charge in [-0.1, -0.05) is 12.1 Å². The highest BCUT2D eigenvalue weighted by molar-refractivity contribution is 14.1. The molecule has 0 atom stereocenters. The topological polar surface area (TPSA) is 46.5 Å². The maximum Gasteiger partial charge on any atom is 0.340 e. The van der Waals surface area contributed by atoms with Gasteiger partial charge >= 0.3 is 5.97 Å². The zero-order valence-electron chi connectivity index (χ0n) is 10.1. The number of aromatic hydroxyl groups is 1. The Hall–Kier alpha value is -0.1000. The van der Waals surface area contributed by atoms with E-state index in [1.807, 2.05) is 12.1 Å². The Kier molecular flexibility index (Phi) is 5.90. The van der Waals surface area contributed by atoms with Crippen molar-refractivity contribution in [3.8, 4) is 5.75 Å². The molecule has 0 radical (unpaired) electrons. The monoisotopic (exact) mass is 606 g/mol. The summed E-state index contributed by atoms with van der Waals surface area (Å²) in [7, 11) is 0. The van der Waals surface area contributed by atoms with Crippen LogP contribution >= 0.6 is 67.8 Å². The summed E-state index contributed by atoms with van der Waals surface area (Å²) in [5.41, 5.74) is 1.45. The Morgan fingerprint density at radius 2 is 1.60 bits per heavy atom. The molecule has 0 aliphatic heterocycles. The Balaban J connectivity index is 2.13. The summed E-state index contributed by atoms with van der Waals surface area (Å²) in [4.78, 5) is 12.2. The van der Waals surface area contributed by atoms with Crippen molar-refractivity contribution in [2.75, 3.05) is 0 Å². The van der Waals surface area contributed by atoms with Crippen LogP contribution in [0.3, 0.4) is 0 Å². The number of phenols is 1. The first kappa shape index (κ1) is 16.3. The summed E-state index contributed by atoms with van der Waals surface area (Å²) in [6.45, 7) is 0.191. The molecule has 0 saturated heterocycles. The van der Waals surface area contributed by atoms with Crippen LogP contribution in [0, 0.1) is 10.7 Å². The van der Waals surface area contributed by atoms with Crippen molar-refractivity contribution in [2.24, 2.45) is 0 Å². The number of carbonyl (C=O) groups is 1. The van der Waals surface area contributed by atoms with E-state index in [0.29, 0.717) is 5.56 Å². The number of carbonyl (C=O) groups excluding carboxylic acids is 1. The second kappa shape index (κ2) is 7.25. The predicted molar refractivity (Wildman–Crippen MR) is 102 cm³/mol. The zero-order chi connectivity index (χ0) is 14.7. The molecule has 6 heteroatoms. The lowest BCUT2D eigenvalue weighted by molar-refractivity contribution is 0.0470. The third-order valence-corrected chi connectivity index (χ3v) is 6.50. The number of hydrogen-bond acceptors (Lipinski definition) is 3. The van der Waals surface area contributed by atoms with Crippen molar-refractivity contribution >= 4 is 73.7 Å². The summed E-state index contributed by atoms with van der Waals surface area (Å²) in [6, 6.07) is 10.5. The van der Waals surface area contributed by atoms with E-state index in [0.717, 1.165) is 16.3 Å². The molecule has 0 unspecified atom stereocenters. The van der Waals surface area contributed by atoms with Gasteiger partial charge in [0.2, 0.25) is 0 Å². The second-order valence-electron chi connectivity index (χ2n) is 3.96. The van der Waals surface area contributed by atoms with E-state index in [2.05, 4.69) is 67.8 Å². The van der Waals surface area contributed by atoms with E-state index in [4.69, 9.17) is 4.74 Å². The molecule has 0 saturated carbocycles. The van der Waals surface area contributed by atoms with Crippen molar-refractivity contribution in [3.05, 3.63) is 58.2 Å². The van der Waals surface area contributed by atoms with Gasteiger partial charge in [-0.2, -0.15) is 0 Å². The van der Waals surface area contributed by atoms with Crippen LogP contribution in [0.25, 0.3) is 0 Å². The van der Waals surface area contributed by atoms with Crippen molar-refractivity contribution in [2.45, 2.75) is 6.61 Å². The molecule has 1 N–H and O–H groups in total. The molecule has 20 heavy (non-hydrogen) atoms. The van der Waals surface area contributed by atoms with E-state index < -0.39 is 0 Å². The van der Waals surface area contributed by atoms with Gasteiger partial charge in [-0.05, 0) is 97.6 Å². The van der Waals surface area contributed by atoms with Crippen LogP contribution in [0.4, 0.5) is 0 Å². The minimum atomic E-state index is -0.328. The van der Waals surface area contributed by atoms with E-state index in [-0.39, 0.29) is 18.3 Å². The Labute approximate surface area is 157 Å². The largest absolute Gasteiger partial charge is 0.508 e. The normalized spacial score (nSPS) is 10.3. The van der Waals surface area contributed by atoms with Crippen molar-refractivity contribution < 1.29 is 14.6 Å². The highest BCUT2D eigenvalue weighted by Gasteiger charge is 2.17. The van der Waals surface area contributed by atoms with Gasteiger partial charge in [0.25, 0.3) is 0 Å². The van der Waals surface area contributed by atoms with Crippen LogP contribution in [0.1, 0.15) is 15.9 Å². The van der Waals surface area contributed by atoms with Gasteiger partial charge in [0.05, 0.1) is 5.56 Å². The summed E-state index contributed by atoms with van der Waals surface area (Å²) in [6.07, 6.45) is 0. The van der Waals surface area contributed by atoms with Gasteiger partial charge in [-0.25, -0.2) is 4.79 Å². The maximum absolute atomic E-state index is 12.2. The molecule has 0 heterocycles. The Morgan fingerprint density at radius 3 is 2.25 bits per heavy atom. The quantitative estimate of drug-likeness (QED) is 0.317. The molecule has 0 spiro atoms. The average Bonchev–Trinajstić information content (AvgIpc) is 2.43. The molecule has 0 bridgehead atoms. The maximum atomic E-state index is 12.2. The molecular weight excluding hydrogens is 597 g/mol. The van der Waals surface area contributed by atoms with Crippen LogP contribution in [0.5, 0.6) is 5.75 Å². The minimum absolute atomic E-state index is 0.191.